The summed E-state index contributed by atoms with van der Waals surface area (Å²) in [5, 5.41) is 0. The molecular formula is C14H18O3S. The number of rotatable bonds is 2. The summed E-state index contributed by atoms with van der Waals surface area (Å²) in [6.07, 6.45) is 4.87. The molecule has 0 bridgehead atoms. The van der Waals surface area contributed by atoms with E-state index >= 15 is 0 Å². The predicted molar refractivity (Wildman–Crippen MR) is 71.4 cm³/mol. The van der Waals surface area contributed by atoms with Gasteiger partial charge in [-0.05, 0) is 30.4 Å². The van der Waals surface area contributed by atoms with E-state index in [-0.39, 0.29) is 0 Å². The molecule has 4 heteroatoms. The molecule has 0 radical (unpaired) electrons. The first-order valence-electron chi connectivity index (χ1n) is 6.29. The van der Waals surface area contributed by atoms with Crippen LogP contribution in [0.1, 0.15) is 17.5 Å². The summed E-state index contributed by atoms with van der Waals surface area (Å²) < 4.78 is 17.1. The maximum Gasteiger partial charge on any atom is 0.172 e. The summed E-state index contributed by atoms with van der Waals surface area (Å²) in [5.41, 5.74) is 2.67. The van der Waals surface area contributed by atoms with Gasteiger partial charge < -0.3 is 14.2 Å². The van der Waals surface area contributed by atoms with Crippen LogP contribution >= 0.6 is 11.8 Å². The average molecular weight is 266 g/mol. The van der Waals surface area contributed by atoms with Gasteiger partial charge in [0.25, 0.3) is 0 Å². The Morgan fingerprint density at radius 3 is 2.67 bits per heavy atom. The minimum absolute atomic E-state index is 0.392. The maximum absolute atomic E-state index is 5.83. The monoisotopic (exact) mass is 266 g/mol. The highest BCUT2D eigenvalue weighted by Gasteiger charge is 2.41. The van der Waals surface area contributed by atoms with Crippen molar-refractivity contribution in [2.24, 2.45) is 0 Å². The smallest absolute Gasteiger partial charge is 0.172 e. The van der Waals surface area contributed by atoms with Crippen molar-refractivity contribution in [3.05, 3.63) is 23.3 Å². The summed E-state index contributed by atoms with van der Waals surface area (Å²) in [5.74, 6) is 0.568. The van der Waals surface area contributed by atoms with Crippen molar-refractivity contribution >= 4 is 11.8 Å². The number of hydrogen-bond donors (Lipinski definition) is 0. The second kappa shape index (κ2) is 4.76. The van der Waals surface area contributed by atoms with E-state index < -0.39 is 5.79 Å². The van der Waals surface area contributed by atoms with Crippen LogP contribution in [0.25, 0.3) is 0 Å². The van der Waals surface area contributed by atoms with Crippen molar-refractivity contribution in [1.29, 1.82) is 0 Å². The summed E-state index contributed by atoms with van der Waals surface area (Å²) in [6, 6.07) is 4.20. The van der Waals surface area contributed by atoms with Crippen LogP contribution < -0.4 is 4.74 Å². The van der Waals surface area contributed by atoms with Crippen LogP contribution in [0, 0.1) is 0 Å². The molecule has 0 atom stereocenters. The standard InChI is InChI=1S/C14H18O3S/c1-15-12-3-4-13(18-2)10-5-6-14(9-11(10)12)16-7-8-17-14/h3-4H,5-9H2,1-2H3. The number of fused-ring (bicyclic) bond motifs is 1. The SMILES string of the molecule is COc1ccc(SC)c2c1CC1(CC2)OCCO1. The van der Waals surface area contributed by atoms with Crippen LogP contribution in [0.5, 0.6) is 5.75 Å². The quantitative estimate of drug-likeness (QED) is 0.769. The van der Waals surface area contributed by atoms with E-state index in [0.29, 0.717) is 13.2 Å². The van der Waals surface area contributed by atoms with Crippen LogP contribution in [0.2, 0.25) is 0 Å². The Bertz CT molecular complexity index is 453. The summed E-state index contributed by atoms with van der Waals surface area (Å²) in [6.45, 7) is 1.42. The molecule has 1 aromatic rings. The molecule has 1 aliphatic carbocycles. The Morgan fingerprint density at radius 2 is 2.00 bits per heavy atom. The Kier molecular flexibility index (Phi) is 3.26. The minimum atomic E-state index is -0.392. The molecule has 1 aliphatic heterocycles. The number of thioether (sulfide) groups is 1. The first-order valence-corrected chi connectivity index (χ1v) is 7.51. The fraction of sp³-hybridized carbons (Fsp3) is 0.571. The van der Waals surface area contributed by atoms with Crippen LogP contribution in [-0.2, 0) is 22.3 Å². The number of hydrogen-bond acceptors (Lipinski definition) is 4. The van der Waals surface area contributed by atoms with E-state index in [4.69, 9.17) is 14.2 Å². The lowest BCUT2D eigenvalue weighted by Gasteiger charge is -2.34. The Morgan fingerprint density at radius 1 is 1.22 bits per heavy atom. The van der Waals surface area contributed by atoms with Crippen LogP contribution in [0.3, 0.4) is 0 Å². The van der Waals surface area contributed by atoms with Gasteiger partial charge in [-0.25, -0.2) is 0 Å². The molecule has 1 saturated heterocycles. The lowest BCUT2D eigenvalue weighted by molar-refractivity contribution is -0.164. The molecule has 1 heterocycles. The third-order valence-electron chi connectivity index (χ3n) is 3.80. The number of ether oxygens (including phenoxy) is 3. The second-order valence-corrected chi connectivity index (χ2v) is 5.56. The maximum atomic E-state index is 5.83. The third-order valence-corrected chi connectivity index (χ3v) is 4.62. The molecule has 0 amide bonds. The van der Waals surface area contributed by atoms with Gasteiger partial charge in [0.2, 0.25) is 0 Å². The minimum Gasteiger partial charge on any atom is -0.496 e. The molecule has 2 aliphatic rings. The number of benzene rings is 1. The highest BCUT2D eigenvalue weighted by atomic mass is 32.2. The molecular weight excluding hydrogens is 248 g/mol. The van der Waals surface area contributed by atoms with Gasteiger partial charge in [0.15, 0.2) is 5.79 Å². The van der Waals surface area contributed by atoms with Gasteiger partial charge in [0.05, 0.1) is 20.3 Å². The highest BCUT2D eigenvalue weighted by molar-refractivity contribution is 7.98. The molecule has 18 heavy (non-hydrogen) atoms. The van der Waals surface area contributed by atoms with Crippen molar-refractivity contribution in [3.63, 3.8) is 0 Å². The van der Waals surface area contributed by atoms with Crippen molar-refractivity contribution in [2.75, 3.05) is 26.6 Å². The van der Waals surface area contributed by atoms with E-state index in [2.05, 4.69) is 18.4 Å². The van der Waals surface area contributed by atoms with Crippen molar-refractivity contribution in [3.8, 4) is 5.75 Å². The van der Waals surface area contributed by atoms with E-state index in [0.717, 1.165) is 25.0 Å². The van der Waals surface area contributed by atoms with Gasteiger partial charge >= 0.3 is 0 Å². The average Bonchev–Trinajstić information content (AvgIpc) is 2.85. The second-order valence-electron chi connectivity index (χ2n) is 4.71. The Hall–Kier alpha value is -0.710. The summed E-state index contributed by atoms with van der Waals surface area (Å²) in [7, 11) is 1.73. The van der Waals surface area contributed by atoms with Crippen molar-refractivity contribution < 1.29 is 14.2 Å². The molecule has 98 valence electrons. The van der Waals surface area contributed by atoms with Crippen LogP contribution in [0.4, 0.5) is 0 Å². The summed E-state index contributed by atoms with van der Waals surface area (Å²) in [4.78, 5) is 1.35. The van der Waals surface area contributed by atoms with E-state index in [1.54, 1.807) is 18.9 Å². The third kappa shape index (κ3) is 1.92. The molecule has 0 unspecified atom stereocenters. The van der Waals surface area contributed by atoms with Gasteiger partial charge in [-0.3, -0.25) is 0 Å². The van der Waals surface area contributed by atoms with Gasteiger partial charge in [0.1, 0.15) is 5.75 Å². The molecule has 1 aromatic carbocycles. The van der Waals surface area contributed by atoms with E-state index in [1.165, 1.54) is 16.0 Å². The summed E-state index contributed by atoms with van der Waals surface area (Å²) >= 11 is 1.80. The van der Waals surface area contributed by atoms with Gasteiger partial charge in [-0.2, -0.15) is 0 Å². The fourth-order valence-corrected chi connectivity index (χ4v) is 3.59. The molecule has 0 aromatic heterocycles. The topological polar surface area (TPSA) is 27.7 Å². The fourth-order valence-electron chi connectivity index (χ4n) is 2.92. The van der Waals surface area contributed by atoms with Crippen molar-refractivity contribution in [1.82, 2.24) is 0 Å². The molecule has 3 nitrogen and oxygen atoms in total. The lowest BCUT2D eigenvalue weighted by atomic mass is 9.86. The van der Waals surface area contributed by atoms with E-state index in [1.807, 2.05) is 0 Å². The molecule has 0 N–H and O–H groups in total. The molecule has 0 saturated carbocycles. The molecule has 1 spiro atoms. The van der Waals surface area contributed by atoms with Gasteiger partial charge in [-0.1, -0.05) is 0 Å². The zero-order chi connectivity index (χ0) is 12.6. The Labute approximate surface area is 112 Å². The molecule has 3 rings (SSSR count). The van der Waals surface area contributed by atoms with Crippen LogP contribution in [-0.4, -0.2) is 32.4 Å². The largest absolute Gasteiger partial charge is 0.496 e. The van der Waals surface area contributed by atoms with E-state index in [9.17, 15) is 0 Å². The molecule has 1 fully saturated rings. The van der Waals surface area contributed by atoms with Crippen LogP contribution in [0.15, 0.2) is 17.0 Å². The van der Waals surface area contributed by atoms with Gasteiger partial charge in [-0.15, -0.1) is 11.8 Å². The number of methoxy groups -OCH3 is 1. The first kappa shape index (κ1) is 12.3. The highest BCUT2D eigenvalue weighted by Crippen LogP contribution is 2.42. The first-order chi connectivity index (χ1) is 8.78. The van der Waals surface area contributed by atoms with Gasteiger partial charge in [0, 0.05) is 23.3 Å². The normalized spacial score (nSPS) is 21.0. The predicted octanol–water partition coefficient (Wildman–Crippen LogP) is 2.65. The Balaban J connectivity index is 2.02. The zero-order valence-electron chi connectivity index (χ0n) is 10.8. The zero-order valence-corrected chi connectivity index (χ0v) is 11.6. The lowest BCUT2D eigenvalue weighted by Crippen LogP contribution is -2.37. The van der Waals surface area contributed by atoms with Crippen molar-refractivity contribution in [2.45, 2.75) is 29.9 Å².